The Morgan fingerprint density at radius 2 is 1.17 bits per heavy atom. The molecule has 0 atom stereocenters. The molecule has 0 unspecified atom stereocenters. The van der Waals surface area contributed by atoms with Crippen LogP contribution in [-0.2, 0) is 45.5 Å². The maximum absolute atomic E-state index is 3.50. The van der Waals surface area contributed by atoms with Crippen LogP contribution in [0.15, 0.2) is 12.1 Å². The van der Waals surface area contributed by atoms with Crippen molar-refractivity contribution in [3.63, 3.8) is 0 Å². The number of aryl methyl sites for hydroxylation is 3. The molecule has 1 aromatic rings. The van der Waals surface area contributed by atoms with Gasteiger partial charge in [-0.2, -0.15) is 65.0 Å². The Bertz CT molecular complexity index is 284. The van der Waals surface area contributed by atoms with Crippen molar-refractivity contribution in [1.82, 2.24) is 0 Å². The molecule has 1 aromatic carbocycles. The molecule has 0 aliphatic heterocycles. The fourth-order valence-corrected chi connectivity index (χ4v) is 2.11. The standard InChI is InChI=1S/C14H23.3C2H6N.Zr/c1-4-7-12-10-13(8-5-2)14(11-12)9-6-3;3*1-3-2;/h10-11H,4-9H2,1-3H3;3*1-2H3;/q4*-1;+4. The maximum atomic E-state index is 3.50. The summed E-state index contributed by atoms with van der Waals surface area (Å²) in [6, 6.07) is 4.86. The van der Waals surface area contributed by atoms with Crippen molar-refractivity contribution >= 4 is 0 Å². The molecular weight excluding hydrogens is 373 g/mol. The Morgan fingerprint density at radius 1 is 0.750 bits per heavy atom. The molecule has 1 rings (SSSR count). The second-order valence-corrected chi connectivity index (χ2v) is 5.51. The van der Waals surface area contributed by atoms with Gasteiger partial charge in [-0.15, -0.1) is 0 Å². The normalized spacial score (nSPS) is 8.54. The monoisotopic (exact) mass is 413 g/mol. The van der Waals surface area contributed by atoms with E-state index in [-0.39, 0.29) is 26.2 Å². The van der Waals surface area contributed by atoms with Crippen LogP contribution < -0.4 is 0 Å². The van der Waals surface area contributed by atoms with Gasteiger partial charge >= 0.3 is 26.2 Å². The van der Waals surface area contributed by atoms with E-state index < -0.39 is 0 Å². The number of nitrogens with zero attached hydrogens (tertiary/aromatic N) is 3. The third-order valence-corrected chi connectivity index (χ3v) is 2.71. The van der Waals surface area contributed by atoms with Crippen molar-refractivity contribution in [2.24, 2.45) is 0 Å². The zero-order valence-corrected chi connectivity index (χ0v) is 20.2. The zero-order valence-electron chi connectivity index (χ0n) is 17.7. The Hall–Kier alpha value is 0.113. The SMILES string of the molecule is CCCc1cc(CCC)[c-](CCC)c1.C[N-]C.C[N-]C.C[N-]C.[Zr+4]. The first kappa shape index (κ1) is 31.8. The Balaban J connectivity index is -0.000000169. The van der Waals surface area contributed by atoms with Gasteiger partial charge in [0, 0.05) is 0 Å². The van der Waals surface area contributed by atoms with Gasteiger partial charge in [-0.1, -0.05) is 59.3 Å². The van der Waals surface area contributed by atoms with Crippen LogP contribution in [0.2, 0.25) is 0 Å². The van der Waals surface area contributed by atoms with Crippen LogP contribution in [-0.4, -0.2) is 42.3 Å². The minimum Gasteiger partial charge on any atom is -0.668 e. The van der Waals surface area contributed by atoms with Crippen LogP contribution in [0.3, 0.4) is 0 Å². The minimum absolute atomic E-state index is 0. The summed E-state index contributed by atoms with van der Waals surface area (Å²) >= 11 is 0. The van der Waals surface area contributed by atoms with E-state index in [1.165, 1.54) is 38.5 Å². The van der Waals surface area contributed by atoms with E-state index in [1.54, 1.807) is 59.0 Å². The minimum atomic E-state index is 0. The van der Waals surface area contributed by atoms with E-state index in [4.69, 9.17) is 0 Å². The van der Waals surface area contributed by atoms with Gasteiger partial charge in [0.05, 0.1) is 0 Å². The van der Waals surface area contributed by atoms with E-state index in [2.05, 4.69) is 48.9 Å². The van der Waals surface area contributed by atoms with Crippen molar-refractivity contribution in [1.29, 1.82) is 0 Å². The molecule has 24 heavy (non-hydrogen) atoms. The summed E-state index contributed by atoms with van der Waals surface area (Å²) in [5, 5.41) is 10.5. The van der Waals surface area contributed by atoms with E-state index >= 15 is 0 Å². The molecule has 0 aliphatic rings. The fourth-order valence-electron chi connectivity index (χ4n) is 2.11. The number of rotatable bonds is 6. The topological polar surface area (TPSA) is 42.3 Å². The quantitative estimate of drug-likeness (QED) is 0.503. The van der Waals surface area contributed by atoms with Gasteiger partial charge < -0.3 is 16.0 Å². The van der Waals surface area contributed by atoms with Crippen molar-refractivity contribution in [3.05, 3.63) is 44.8 Å². The van der Waals surface area contributed by atoms with Gasteiger partial charge in [0.2, 0.25) is 0 Å². The number of hydrogen-bond donors (Lipinski definition) is 0. The van der Waals surface area contributed by atoms with E-state index in [1.807, 2.05) is 0 Å². The first-order valence-electron chi connectivity index (χ1n) is 8.77. The molecule has 0 radical (unpaired) electrons. The third-order valence-electron chi connectivity index (χ3n) is 2.71. The summed E-state index contributed by atoms with van der Waals surface area (Å²) in [5.41, 5.74) is 4.77. The molecule has 0 saturated carbocycles. The predicted octanol–water partition coefficient (Wildman–Crippen LogP) is 6.12. The second kappa shape index (κ2) is 27.9. The fraction of sp³-hybridized carbons (Fsp3) is 0.750. The van der Waals surface area contributed by atoms with Crippen LogP contribution in [0, 0.1) is 0 Å². The van der Waals surface area contributed by atoms with Crippen LogP contribution in [0.1, 0.15) is 56.7 Å². The van der Waals surface area contributed by atoms with E-state index in [9.17, 15) is 0 Å². The molecule has 0 spiro atoms. The van der Waals surface area contributed by atoms with Gasteiger partial charge in [0.1, 0.15) is 0 Å². The molecule has 0 saturated heterocycles. The summed E-state index contributed by atoms with van der Waals surface area (Å²) in [5.74, 6) is 0. The van der Waals surface area contributed by atoms with E-state index in [0.717, 1.165) is 0 Å². The molecule has 0 heterocycles. The zero-order chi connectivity index (χ0) is 18.5. The average molecular weight is 415 g/mol. The summed E-state index contributed by atoms with van der Waals surface area (Å²) in [6.07, 6.45) is 7.58. The first-order valence-corrected chi connectivity index (χ1v) is 8.77. The Labute approximate surface area is 172 Å². The summed E-state index contributed by atoms with van der Waals surface area (Å²) < 4.78 is 0. The third kappa shape index (κ3) is 22.1. The van der Waals surface area contributed by atoms with Crippen LogP contribution >= 0.6 is 0 Å². The van der Waals surface area contributed by atoms with Gasteiger partial charge in [-0.05, 0) is 0 Å². The van der Waals surface area contributed by atoms with Gasteiger partial charge in [0.15, 0.2) is 0 Å². The molecule has 0 bridgehead atoms. The molecule has 0 aliphatic carbocycles. The van der Waals surface area contributed by atoms with Crippen LogP contribution in [0.4, 0.5) is 0 Å². The molecule has 0 fully saturated rings. The van der Waals surface area contributed by atoms with Crippen molar-refractivity contribution < 1.29 is 26.2 Å². The molecular formula is C20H41N3Zr. The molecule has 3 nitrogen and oxygen atoms in total. The summed E-state index contributed by atoms with van der Waals surface area (Å²) in [4.78, 5) is 0. The number of hydrogen-bond acceptors (Lipinski definition) is 0. The van der Waals surface area contributed by atoms with Crippen LogP contribution in [0.25, 0.3) is 16.0 Å². The molecule has 0 N–H and O–H groups in total. The predicted molar refractivity (Wildman–Crippen MR) is 110 cm³/mol. The van der Waals surface area contributed by atoms with E-state index in [0.29, 0.717) is 0 Å². The second-order valence-electron chi connectivity index (χ2n) is 5.51. The molecule has 140 valence electrons. The van der Waals surface area contributed by atoms with Gasteiger partial charge in [0.25, 0.3) is 0 Å². The Kier molecular flexibility index (Phi) is 37.1. The molecule has 0 amide bonds. The van der Waals surface area contributed by atoms with Crippen molar-refractivity contribution in [3.8, 4) is 0 Å². The average Bonchev–Trinajstić information content (AvgIpc) is 2.85. The first-order chi connectivity index (χ1) is 11.1. The summed E-state index contributed by atoms with van der Waals surface area (Å²) in [7, 11) is 10.5. The molecule has 0 aromatic heterocycles. The van der Waals surface area contributed by atoms with Crippen molar-refractivity contribution in [2.45, 2.75) is 59.3 Å². The van der Waals surface area contributed by atoms with Crippen molar-refractivity contribution in [2.75, 3.05) is 42.3 Å². The largest absolute Gasteiger partial charge is 4.00 e. The van der Waals surface area contributed by atoms with Crippen LogP contribution in [0.5, 0.6) is 0 Å². The van der Waals surface area contributed by atoms with Gasteiger partial charge in [-0.25, -0.2) is 6.07 Å². The smallest absolute Gasteiger partial charge is 0.668 e. The maximum Gasteiger partial charge on any atom is 4.00 e. The summed E-state index contributed by atoms with van der Waals surface area (Å²) in [6.45, 7) is 6.79. The molecule has 4 heteroatoms. The Morgan fingerprint density at radius 3 is 1.50 bits per heavy atom. The van der Waals surface area contributed by atoms with Gasteiger partial charge in [-0.3, -0.25) is 0 Å².